The lowest BCUT2D eigenvalue weighted by molar-refractivity contribution is 1.39. The lowest BCUT2D eigenvalue weighted by Gasteiger charge is -1.97. The SMILES string of the molecule is C=CC/C=C\Nc1ccccc1. The molecule has 1 N–H and O–H groups in total. The zero-order chi connectivity index (χ0) is 8.65. The van der Waals surface area contributed by atoms with Gasteiger partial charge in [-0.1, -0.05) is 30.4 Å². The molecule has 0 bridgehead atoms. The van der Waals surface area contributed by atoms with Gasteiger partial charge in [0, 0.05) is 5.69 Å². The summed E-state index contributed by atoms with van der Waals surface area (Å²) in [6.45, 7) is 3.63. The molecule has 1 heteroatoms. The van der Waals surface area contributed by atoms with Gasteiger partial charge >= 0.3 is 0 Å². The van der Waals surface area contributed by atoms with Crippen molar-refractivity contribution in [3.63, 3.8) is 0 Å². The van der Waals surface area contributed by atoms with E-state index in [0.29, 0.717) is 0 Å². The Kier molecular flexibility index (Phi) is 3.72. The molecule has 0 aliphatic heterocycles. The molecule has 0 spiro atoms. The van der Waals surface area contributed by atoms with E-state index < -0.39 is 0 Å². The summed E-state index contributed by atoms with van der Waals surface area (Å²) in [5.41, 5.74) is 1.11. The Morgan fingerprint density at radius 1 is 1.25 bits per heavy atom. The van der Waals surface area contributed by atoms with Crippen LogP contribution in [0.1, 0.15) is 6.42 Å². The highest BCUT2D eigenvalue weighted by atomic mass is 14.8. The maximum atomic E-state index is 3.63. The Bertz CT molecular complexity index is 249. The largest absolute Gasteiger partial charge is 0.362 e. The molecule has 0 radical (unpaired) electrons. The van der Waals surface area contributed by atoms with E-state index in [1.807, 2.05) is 48.7 Å². The second-order valence-electron chi connectivity index (χ2n) is 2.44. The van der Waals surface area contributed by atoms with E-state index in [0.717, 1.165) is 12.1 Å². The first kappa shape index (κ1) is 8.60. The van der Waals surface area contributed by atoms with Crippen LogP contribution in [-0.2, 0) is 0 Å². The van der Waals surface area contributed by atoms with Crippen molar-refractivity contribution in [3.8, 4) is 0 Å². The van der Waals surface area contributed by atoms with E-state index in [-0.39, 0.29) is 0 Å². The van der Waals surface area contributed by atoms with Gasteiger partial charge in [0.2, 0.25) is 0 Å². The molecular formula is C11H13N. The molecule has 0 saturated carbocycles. The van der Waals surface area contributed by atoms with Crippen LogP contribution >= 0.6 is 0 Å². The molecule has 0 heterocycles. The summed E-state index contributed by atoms with van der Waals surface area (Å²) in [4.78, 5) is 0. The van der Waals surface area contributed by atoms with Gasteiger partial charge in [0.15, 0.2) is 0 Å². The highest BCUT2D eigenvalue weighted by Gasteiger charge is 1.81. The number of anilines is 1. The van der Waals surface area contributed by atoms with Crippen LogP contribution < -0.4 is 5.32 Å². The van der Waals surface area contributed by atoms with Gasteiger partial charge in [-0.15, -0.1) is 6.58 Å². The van der Waals surface area contributed by atoms with Crippen molar-refractivity contribution in [2.45, 2.75) is 6.42 Å². The smallest absolute Gasteiger partial charge is 0.0379 e. The number of para-hydroxylation sites is 1. The third-order valence-corrected chi connectivity index (χ3v) is 1.44. The van der Waals surface area contributed by atoms with Crippen molar-refractivity contribution < 1.29 is 0 Å². The van der Waals surface area contributed by atoms with Gasteiger partial charge in [0.05, 0.1) is 0 Å². The Labute approximate surface area is 73.4 Å². The quantitative estimate of drug-likeness (QED) is 0.665. The molecule has 0 atom stereocenters. The molecule has 1 aromatic rings. The minimum atomic E-state index is 0.903. The lowest BCUT2D eigenvalue weighted by Crippen LogP contribution is -1.84. The molecule has 12 heavy (non-hydrogen) atoms. The Hall–Kier alpha value is -1.50. The second-order valence-corrected chi connectivity index (χ2v) is 2.44. The fraction of sp³-hybridized carbons (Fsp3) is 0.0909. The van der Waals surface area contributed by atoms with Crippen molar-refractivity contribution in [1.29, 1.82) is 0 Å². The first-order valence-electron chi connectivity index (χ1n) is 4.01. The summed E-state index contributed by atoms with van der Waals surface area (Å²) in [5.74, 6) is 0. The average Bonchev–Trinajstić information content (AvgIpc) is 2.14. The minimum Gasteiger partial charge on any atom is -0.362 e. The fourth-order valence-electron chi connectivity index (χ4n) is 0.854. The van der Waals surface area contributed by atoms with Crippen LogP contribution in [0.25, 0.3) is 0 Å². The molecule has 1 rings (SSSR count). The van der Waals surface area contributed by atoms with Crippen molar-refractivity contribution in [1.82, 2.24) is 0 Å². The summed E-state index contributed by atoms with van der Waals surface area (Å²) in [6.07, 6.45) is 6.72. The number of benzene rings is 1. The number of rotatable bonds is 4. The highest BCUT2D eigenvalue weighted by Crippen LogP contribution is 2.04. The second kappa shape index (κ2) is 5.19. The third kappa shape index (κ3) is 3.06. The van der Waals surface area contributed by atoms with Gasteiger partial charge in [-0.2, -0.15) is 0 Å². The van der Waals surface area contributed by atoms with Crippen LogP contribution in [-0.4, -0.2) is 0 Å². The maximum Gasteiger partial charge on any atom is 0.0379 e. The molecule has 0 fully saturated rings. The minimum absolute atomic E-state index is 0.903. The highest BCUT2D eigenvalue weighted by molar-refractivity contribution is 5.44. The molecule has 0 aliphatic carbocycles. The van der Waals surface area contributed by atoms with Gasteiger partial charge in [0.25, 0.3) is 0 Å². The average molecular weight is 159 g/mol. The van der Waals surface area contributed by atoms with Crippen LogP contribution in [0.5, 0.6) is 0 Å². The maximum absolute atomic E-state index is 3.63. The van der Waals surface area contributed by atoms with E-state index in [4.69, 9.17) is 0 Å². The molecule has 0 aliphatic rings. The summed E-state index contributed by atoms with van der Waals surface area (Å²) in [7, 11) is 0. The Morgan fingerprint density at radius 3 is 2.67 bits per heavy atom. The standard InChI is InChI=1S/C11H13N/c1-2-3-7-10-12-11-8-5-4-6-9-11/h2,4-10,12H,1,3H2/b10-7-. The van der Waals surface area contributed by atoms with Crippen LogP contribution in [0.3, 0.4) is 0 Å². The summed E-state index contributed by atoms with van der Waals surface area (Å²) < 4.78 is 0. The number of hydrogen-bond donors (Lipinski definition) is 1. The van der Waals surface area contributed by atoms with Crippen molar-refractivity contribution >= 4 is 5.69 Å². The molecule has 0 aromatic heterocycles. The Morgan fingerprint density at radius 2 is 2.00 bits per heavy atom. The molecular weight excluding hydrogens is 146 g/mol. The zero-order valence-electron chi connectivity index (χ0n) is 7.03. The van der Waals surface area contributed by atoms with E-state index in [1.54, 1.807) is 0 Å². The number of allylic oxidation sites excluding steroid dienone is 2. The monoisotopic (exact) mass is 159 g/mol. The fourth-order valence-corrected chi connectivity index (χ4v) is 0.854. The van der Waals surface area contributed by atoms with Crippen molar-refractivity contribution in [2.75, 3.05) is 5.32 Å². The molecule has 62 valence electrons. The van der Waals surface area contributed by atoms with Gasteiger partial charge < -0.3 is 5.32 Å². The molecule has 1 aromatic carbocycles. The van der Waals surface area contributed by atoms with Gasteiger partial charge in [0.1, 0.15) is 0 Å². The molecule has 0 amide bonds. The first-order valence-corrected chi connectivity index (χ1v) is 4.01. The van der Waals surface area contributed by atoms with Crippen molar-refractivity contribution in [2.24, 2.45) is 0 Å². The normalized spacial score (nSPS) is 10.0. The van der Waals surface area contributed by atoms with Gasteiger partial charge in [-0.05, 0) is 24.8 Å². The first-order chi connectivity index (χ1) is 5.93. The van der Waals surface area contributed by atoms with Crippen LogP contribution in [0.2, 0.25) is 0 Å². The van der Waals surface area contributed by atoms with Crippen LogP contribution in [0.15, 0.2) is 55.3 Å². The van der Waals surface area contributed by atoms with Gasteiger partial charge in [-0.3, -0.25) is 0 Å². The zero-order valence-corrected chi connectivity index (χ0v) is 7.03. The predicted molar refractivity (Wildman–Crippen MR) is 54.0 cm³/mol. The predicted octanol–water partition coefficient (Wildman–Crippen LogP) is 3.19. The van der Waals surface area contributed by atoms with E-state index in [9.17, 15) is 0 Å². The lowest BCUT2D eigenvalue weighted by atomic mass is 10.3. The summed E-state index contributed by atoms with van der Waals surface area (Å²) in [5, 5.41) is 3.15. The van der Waals surface area contributed by atoms with E-state index in [2.05, 4.69) is 11.9 Å². The number of nitrogens with one attached hydrogen (secondary N) is 1. The van der Waals surface area contributed by atoms with E-state index >= 15 is 0 Å². The molecule has 0 saturated heterocycles. The summed E-state index contributed by atoms with van der Waals surface area (Å²) in [6, 6.07) is 10.1. The topological polar surface area (TPSA) is 12.0 Å². The molecule has 0 unspecified atom stereocenters. The summed E-state index contributed by atoms with van der Waals surface area (Å²) >= 11 is 0. The number of hydrogen-bond acceptors (Lipinski definition) is 1. The van der Waals surface area contributed by atoms with Gasteiger partial charge in [-0.25, -0.2) is 0 Å². The van der Waals surface area contributed by atoms with Crippen molar-refractivity contribution in [3.05, 3.63) is 55.3 Å². The van der Waals surface area contributed by atoms with Crippen LogP contribution in [0.4, 0.5) is 5.69 Å². The van der Waals surface area contributed by atoms with Crippen LogP contribution in [0, 0.1) is 0 Å². The third-order valence-electron chi connectivity index (χ3n) is 1.44. The molecule has 1 nitrogen and oxygen atoms in total. The Balaban J connectivity index is 2.38. The van der Waals surface area contributed by atoms with E-state index in [1.165, 1.54) is 0 Å².